The SMILES string of the molecule is COC(=O)[C@H](CSSCCC(=O)NCCCCCC(=O)N1C[C@H](OP(OCCC#N)N(C(C)C)C(C)C)C[C@H]1COC(c1ccccc1)(c1ccc(OC)cc1)c1ccc(OC)cc1)NC(=O)CC[C@@H](NC(=O)c1ccc(N(Cc2cnc3nc(NC(=O)C(C)C)[nH]c(=O)c3n2)C(=O)C(F)(F)F)cc1)C(=O)OC. The van der Waals surface area contributed by atoms with E-state index in [-0.39, 0.29) is 104 Å². The number of hydrogen-bond donors (Lipinski definition) is 5. The molecule has 0 radical (unpaired) electrons. The lowest BCUT2D eigenvalue weighted by Crippen LogP contribution is -2.45. The summed E-state index contributed by atoms with van der Waals surface area (Å²) < 4.78 is 85.6. The summed E-state index contributed by atoms with van der Waals surface area (Å²) in [7, 11) is 6.25. The second kappa shape index (κ2) is 41.9. The fourth-order valence-electron chi connectivity index (χ4n) is 11.7. The Morgan fingerprint density at radius 3 is 1.97 bits per heavy atom. The average molecular weight is 1560 g/mol. The van der Waals surface area contributed by atoms with Crippen LogP contribution < -0.4 is 41.2 Å². The third kappa shape index (κ3) is 24.4. The standard InChI is InChI=1S/C74H92F3N12O16PS2/c1-46(2)66(93)85-72-84-65-64(68(95)86-72)81-53(41-80-65)42-88(71(98)74(75,76)77)54-27-21-49(22-28-54)67(94)83-59(69(96)101-9)33-34-62(91)82-60(70(97)102-10)45-108-107-39-35-61(90)79-37-16-12-15-20-63(92)87-43-58(105-106(104-38-17-36-78)89(47(3)4)48(5)6)40-55(87)44-103-73(50-18-13-11-14-19-50,51-23-29-56(99-7)30-24-51)52-25-31-57(100-8)32-26-52/h11,13-14,18-19,21-32,41,46-48,55,58-60H,12,15-17,20,33-35,37-40,42-45H2,1-10H3,(H,79,90)(H,82,91)(H,83,94)(H2,80,84,85,86,93,95)/t55-,58+,59+,60-,106?/m0/s1. The number of aromatic nitrogens is 4. The zero-order chi connectivity index (χ0) is 78.7. The summed E-state index contributed by atoms with van der Waals surface area (Å²) >= 11 is 0. The van der Waals surface area contributed by atoms with Crippen molar-refractivity contribution in [3.05, 3.63) is 148 Å². The molecule has 0 saturated carbocycles. The van der Waals surface area contributed by atoms with Gasteiger partial charge in [-0.05, 0) is 119 Å². The van der Waals surface area contributed by atoms with Gasteiger partial charge in [-0.3, -0.25) is 48.8 Å². The molecule has 0 spiro atoms. The predicted octanol–water partition coefficient (Wildman–Crippen LogP) is 9.85. The van der Waals surface area contributed by atoms with Gasteiger partial charge in [-0.2, -0.15) is 23.4 Å². The molecule has 4 aromatic carbocycles. The molecular formula is C74H92F3N12O16PS2. The van der Waals surface area contributed by atoms with E-state index < -0.39 is 110 Å². The van der Waals surface area contributed by atoms with Crippen LogP contribution in [0.15, 0.2) is 114 Å². The largest absolute Gasteiger partial charge is 0.497 e. The van der Waals surface area contributed by atoms with Crippen molar-refractivity contribution in [1.82, 2.24) is 45.5 Å². The number of benzene rings is 4. The lowest BCUT2D eigenvalue weighted by molar-refractivity contribution is -0.170. The number of nitriles is 1. The number of likely N-dealkylation sites (tertiary alicyclic amines) is 1. The molecular weight excluding hydrogens is 1460 g/mol. The number of nitrogens with zero attached hydrogens (tertiary/aromatic N) is 7. The Morgan fingerprint density at radius 2 is 1.38 bits per heavy atom. The number of alkyl halides is 3. The zero-order valence-corrected chi connectivity index (χ0v) is 64.3. The number of nitrogens with one attached hydrogen (secondary N) is 5. The van der Waals surface area contributed by atoms with Gasteiger partial charge in [0.05, 0.1) is 84.7 Å². The summed E-state index contributed by atoms with van der Waals surface area (Å²) in [5.74, 6) is -5.43. The molecule has 6 aromatic rings. The topological polar surface area (TPSA) is 354 Å². The van der Waals surface area contributed by atoms with Crippen molar-refractivity contribution in [3.63, 3.8) is 0 Å². The van der Waals surface area contributed by atoms with Crippen LogP contribution in [-0.4, -0.2) is 186 Å². The van der Waals surface area contributed by atoms with Crippen molar-refractivity contribution in [1.29, 1.82) is 5.26 Å². The van der Waals surface area contributed by atoms with E-state index in [4.69, 9.17) is 32.7 Å². The Kier molecular flexibility index (Phi) is 33.3. The Balaban J connectivity index is 0.889. The molecule has 1 unspecified atom stereocenters. The monoisotopic (exact) mass is 1560 g/mol. The van der Waals surface area contributed by atoms with Crippen LogP contribution in [0.4, 0.5) is 24.8 Å². The van der Waals surface area contributed by atoms with Crippen LogP contribution in [-0.2, 0) is 69.0 Å². The number of H-pyrrole nitrogens is 1. The fourth-order valence-corrected chi connectivity index (χ4v) is 15.6. The van der Waals surface area contributed by atoms with Gasteiger partial charge in [0.2, 0.25) is 29.6 Å². The number of hydrogen-bond acceptors (Lipinski definition) is 23. The van der Waals surface area contributed by atoms with Gasteiger partial charge in [-0.1, -0.05) is 96.5 Å². The maximum Gasteiger partial charge on any atom is 0.471 e. The van der Waals surface area contributed by atoms with E-state index in [1.165, 1.54) is 21.6 Å². The van der Waals surface area contributed by atoms with Crippen LogP contribution in [0.5, 0.6) is 11.5 Å². The van der Waals surface area contributed by atoms with Crippen LogP contribution in [0.2, 0.25) is 0 Å². The zero-order valence-electron chi connectivity index (χ0n) is 61.8. The van der Waals surface area contributed by atoms with E-state index in [1.54, 1.807) is 28.1 Å². The number of carbonyl (C=O) groups is 8. The molecule has 5 N–H and O–H groups in total. The van der Waals surface area contributed by atoms with Gasteiger partial charge in [0, 0.05) is 73.1 Å². The third-order valence-corrected chi connectivity index (χ3v) is 21.7. The summed E-state index contributed by atoms with van der Waals surface area (Å²) in [6.07, 6.45) is -2.83. The molecule has 1 aliphatic rings. The van der Waals surface area contributed by atoms with Gasteiger partial charge in [0.1, 0.15) is 29.2 Å². The first-order chi connectivity index (χ1) is 51.6. The lowest BCUT2D eigenvalue weighted by atomic mass is 9.80. The molecule has 1 aliphatic heterocycles. The maximum absolute atomic E-state index is 14.6. The van der Waals surface area contributed by atoms with Crippen molar-refractivity contribution in [2.75, 3.05) is 76.5 Å². The first-order valence-electron chi connectivity index (χ1n) is 35.0. The molecule has 1 saturated heterocycles. The number of anilines is 2. The van der Waals surface area contributed by atoms with Crippen LogP contribution in [0, 0.1) is 17.2 Å². The minimum Gasteiger partial charge on any atom is -0.497 e. The second-order valence-electron chi connectivity index (χ2n) is 25.8. The highest BCUT2D eigenvalue weighted by Crippen LogP contribution is 2.49. The number of aromatic amines is 1. The number of rotatable bonds is 41. The van der Waals surface area contributed by atoms with E-state index >= 15 is 0 Å². The van der Waals surface area contributed by atoms with Crippen LogP contribution in [0.25, 0.3) is 11.2 Å². The molecule has 2 aromatic heterocycles. The number of esters is 2. The quantitative estimate of drug-likeness (QED) is 0.00783. The van der Waals surface area contributed by atoms with E-state index in [0.29, 0.717) is 54.4 Å². The van der Waals surface area contributed by atoms with Crippen LogP contribution in [0.1, 0.15) is 132 Å². The van der Waals surface area contributed by atoms with Gasteiger partial charge in [-0.15, -0.1) is 0 Å². The Labute approximate surface area is 633 Å². The molecule has 7 rings (SSSR count). The predicted molar refractivity (Wildman–Crippen MR) is 401 cm³/mol. The molecule has 1 fully saturated rings. The smallest absolute Gasteiger partial charge is 0.471 e. The van der Waals surface area contributed by atoms with E-state index in [9.17, 15) is 61.6 Å². The maximum atomic E-state index is 14.6. The third-order valence-electron chi connectivity index (χ3n) is 17.1. The van der Waals surface area contributed by atoms with E-state index in [2.05, 4.69) is 79.6 Å². The highest BCUT2D eigenvalue weighted by atomic mass is 33.1. The Morgan fingerprint density at radius 1 is 0.750 bits per heavy atom. The molecule has 28 nitrogen and oxygen atoms in total. The molecule has 34 heteroatoms. The van der Waals surface area contributed by atoms with Crippen molar-refractivity contribution < 1.29 is 84.3 Å². The number of carbonyl (C=O) groups excluding carboxylic acids is 8. The van der Waals surface area contributed by atoms with Crippen LogP contribution in [0.3, 0.4) is 0 Å². The van der Waals surface area contributed by atoms with Gasteiger partial charge >= 0.3 is 24.0 Å². The van der Waals surface area contributed by atoms with Gasteiger partial charge in [0.25, 0.3) is 20.0 Å². The first kappa shape index (κ1) is 86.0. The number of amides is 6. The summed E-state index contributed by atoms with van der Waals surface area (Å²) in [5.41, 5.74) is -0.929. The van der Waals surface area contributed by atoms with Gasteiger partial charge < -0.3 is 53.6 Å². The number of fused-ring (bicyclic) bond motifs is 1. The summed E-state index contributed by atoms with van der Waals surface area (Å²) in [5, 5.41) is 19.8. The molecule has 108 heavy (non-hydrogen) atoms. The lowest BCUT2D eigenvalue weighted by Gasteiger charge is -2.38. The highest BCUT2D eigenvalue weighted by Gasteiger charge is 2.45. The molecule has 3 heterocycles. The van der Waals surface area contributed by atoms with E-state index in [1.807, 2.05) is 83.8 Å². The number of halogens is 3. The minimum absolute atomic E-state index is 0.0195. The summed E-state index contributed by atoms with van der Waals surface area (Å²) in [6, 6.07) is 28.8. The van der Waals surface area contributed by atoms with Crippen molar-refractivity contribution in [2.24, 2.45) is 5.92 Å². The number of ether oxygens (including phenoxy) is 5. The fraction of sp³-hybridized carbons (Fsp3) is 0.473. The molecule has 6 amide bonds. The molecule has 5 atom stereocenters. The average Bonchev–Trinajstić information content (AvgIpc) is 0.850. The summed E-state index contributed by atoms with van der Waals surface area (Å²) in [4.78, 5) is 135. The Bertz CT molecular complexity index is 4050. The first-order valence-corrected chi connectivity index (χ1v) is 38.6. The van der Waals surface area contributed by atoms with E-state index in [0.717, 1.165) is 61.4 Å². The van der Waals surface area contributed by atoms with Crippen molar-refractivity contribution >= 4 is 100 Å². The second-order valence-corrected chi connectivity index (χ2v) is 29.8. The normalized spacial score (nSPS) is 14.6. The molecule has 0 aliphatic carbocycles. The number of methoxy groups -OCH3 is 4. The van der Waals surface area contributed by atoms with Crippen molar-refractivity contribution in [2.45, 2.75) is 154 Å². The highest BCUT2D eigenvalue weighted by molar-refractivity contribution is 8.76. The van der Waals surface area contributed by atoms with Gasteiger partial charge in [0.15, 0.2) is 11.2 Å². The van der Waals surface area contributed by atoms with Crippen molar-refractivity contribution in [3.8, 4) is 17.6 Å². The number of unbranched alkanes of at least 4 members (excludes halogenated alkanes) is 2. The minimum atomic E-state index is -5.39. The molecule has 582 valence electrons. The van der Waals surface area contributed by atoms with Gasteiger partial charge in [-0.25, -0.2) is 24.2 Å². The Hall–Kier alpha value is -9.29. The van der Waals surface area contributed by atoms with Crippen LogP contribution >= 0.6 is 30.1 Å². The summed E-state index contributed by atoms with van der Waals surface area (Å²) in [6.45, 7) is 11.6. The molecule has 0 bridgehead atoms.